The Morgan fingerprint density at radius 3 is 2.52 bits per heavy atom. The average Bonchev–Trinajstić information content (AvgIpc) is 2.66. The van der Waals surface area contributed by atoms with Crippen LogP contribution >= 0.6 is 11.6 Å². The van der Waals surface area contributed by atoms with Crippen LogP contribution in [0.4, 0.5) is 5.69 Å². The fourth-order valence-electron chi connectivity index (χ4n) is 2.20. The molecular formula is C19H19ClN2O5. The van der Waals surface area contributed by atoms with E-state index in [0.29, 0.717) is 17.8 Å². The summed E-state index contributed by atoms with van der Waals surface area (Å²) in [7, 11) is 1.27. The van der Waals surface area contributed by atoms with Gasteiger partial charge < -0.3 is 20.1 Å². The number of carbonyl (C=O) groups is 3. The zero-order chi connectivity index (χ0) is 19.8. The minimum absolute atomic E-state index is 0.184. The number of carbonyl (C=O) groups excluding carboxylic acids is 3. The molecule has 142 valence electrons. The number of anilines is 1. The van der Waals surface area contributed by atoms with Crippen molar-refractivity contribution in [3.05, 3.63) is 58.6 Å². The molecule has 0 bridgehead atoms. The van der Waals surface area contributed by atoms with Crippen LogP contribution in [0, 0.1) is 0 Å². The van der Waals surface area contributed by atoms with E-state index >= 15 is 0 Å². The van der Waals surface area contributed by atoms with Crippen molar-refractivity contribution in [3.63, 3.8) is 0 Å². The molecule has 0 radical (unpaired) electrons. The molecule has 2 N–H and O–H groups in total. The molecule has 27 heavy (non-hydrogen) atoms. The second-order valence-corrected chi connectivity index (χ2v) is 5.82. The van der Waals surface area contributed by atoms with Gasteiger partial charge in [-0.15, -0.1) is 0 Å². The summed E-state index contributed by atoms with van der Waals surface area (Å²) in [6, 6.07) is 10.9. The average molecular weight is 391 g/mol. The molecule has 0 heterocycles. The molecule has 7 nitrogen and oxygen atoms in total. The van der Waals surface area contributed by atoms with E-state index in [-0.39, 0.29) is 28.8 Å². The minimum Gasteiger partial charge on any atom is -0.482 e. The topological polar surface area (TPSA) is 93.7 Å². The van der Waals surface area contributed by atoms with Gasteiger partial charge in [0.15, 0.2) is 6.61 Å². The lowest BCUT2D eigenvalue weighted by Gasteiger charge is -2.10. The Morgan fingerprint density at radius 2 is 1.85 bits per heavy atom. The molecule has 0 aliphatic heterocycles. The molecule has 2 aromatic rings. The van der Waals surface area contributed by atoms with Crippen molar-refractivity contribution in [3.8, 4) is 5.75 Å². The highest BCUT2D eigenvalue weighted by Crippen LogP contribution is 2.25. The fourth-order valence-corrected chi connectivity index (χ4v) is 2.44. The SMILES string of the molecule is CCNC(=O)c1cccc(NC(=O)COc2ccc(C(=O)OC)cc2Cl)c1. The number of halogens is 1. The zero-order valence-electron chi connectivity index (χ0n) is 14.9. The van der Waals surface area contributed by atoms with Crippen LogP contribution in [0.15, 0.2) is 42.5 Å². The second-order valence-electron chi connectivity index (χ2n) is 5.41. The van der Waals surface area contributed by atoms with E-state index in [1.165, 1.54) is 25.3 Å². The summed E-state index contributed by atoms with van der Waals surface area (Å²) >= 11 is 6.05. The number of nitrogens with one attached hydrogen (secondary N) is 2. The maximum atomic E-state index is 12.1. The van der Waals surface area contributed by atoms with Crippen molar-refractivity contribution in [2.45, 2.75) is 6.92 Å². The van der Waals surface area contributed by atoms with Crippen LogP contribution in [0.5, 0.6) is 5.75 Å². The molecule has 0 aliphatic rings. The zero-order valence-corrected chi connectivity index (χ0v) is 15.6. The quantitative estimate of drug-likeness (QED) is 0.709. The van der Waals surface area contributed by atoms with E-state index in [4.69, 9.17) is 16.3 Å². The maximum absolute atomic E-state index is 12.1. The third-order valence-electron chi connectivity index (χ3n) is 3.46. The largest absolute Gasteiger partial charge is 0.482 e. The first-order chi connectivity index (χ1) is 12.9. The molecule has 8 heteroatoms. The van der Waals surface area contributed by atoms with Crippen LogP contribution in [0.2, 0.25) is 5.02 Å². The third-order valence-corrected chi connectivity index (χ3v) is 3.75. The highest BCUT2D eigenvalue weighted by atomic mass is 35.5. The van der Waals surface area contributed by atoms with Gasteiger partial charge in [-0.3, -0.25) is 9.59 Å². The highest BCUT2D eigenvalue weighted by molar-refractivity contribution is 6.32. The first-order valence-electron chi connectivity index (χ1n) is 8.13. The number of hydrogen-bond acceptors (Lipinski definition) is 5. The Bertz CT molecular complexity index is 854. The number of ether oxygens (including phenoxy) is 2. The molecule has 0 spiro atoms. The molecule has 0 saturated carbocycles. The van der Waals surface area contributed by atoms with Crippen LogP contribution in [0.25, 0.3) is 0 Å². The summed E-state index contributed by atoms with van der Waals surface area (Å²) in [6.07, 6.45) is 0. The van der Waals surface area contributed by atoms with Gasteiger partial charge in [-0.05, 0) is 43.3 Å². The van der Waals surface area contributed by atoms with Crippen LogP contribution in [0.3, 0.4) is 0 Å². The predicted octanol–water partition coefficient (Wildman–Crippen LogP) is 2.89. The molecule has 0 atom stereocenters. The Hall–Kier alpha value is -3.06. The van der Waals surface area contributed by atoms with Crippen molar-refractivity contribution in [1.82, 2.24) is 5.32 Å². The molecule has 0 unspecified atom stereocenters. The Labute approximate surface area is 161 Å². The molecule has 2 aromatic carbocycles. The standard InChI is InChI=1S/C19H19ClN2O5/c1-3-21-18(24)12-5-4-6-14(9-12)22-17(23)11-27-16-8-7-13(10-15(16)20)19(25)26-2/h4-10H,3,11H2,1-2H3,(H,21,24)(H,22,23). The molecule has 0 fully saturated rings. The number of esters is 1. The minimum atomic E-state index is -0.520. The maximum Gasteiger partial charge on any atom is 0.337 e. The molecule has 0 saturated heterocycles. The van der Waals surface area contributed by atoms with Crippen molar-refractivity contribution in [2.75, 3.05) is 25.6 Å². The summed E-state index contributed by atoms with van der Waals surface area (Å²) in [6.45, 7) is 2.05. The van der Waals surface area contributed by atoms with Crippen LogP contribution < -0.4 is 15.4 Å². The second kappa shape index (κ2) is 9.59. The van der Waals surface area contributed by atoms with Gasteiger partial charge >= 0.3 is 5.97 Å². The van der Waals surface area contributed by atoms with Gasteiger partial charge in [0.2, 0.25) is 0 Å². The number of benzene rings is 2. The van der Waals surface area contributed by atoms with Crippen molar-refractivity contribution >= 4 is 35.1 Å². The monoisotopic (exact) mass is 390 g/mol. The molecule has 2 amide bonds. The fraction of sp³-hybridized carbons (Fsp3) is 0.211. The molecular weight excluding hydrogens is 372 g/mol. The van der Waals surface area contributed by atoms with Gasteiger partial charge in [-0.25, -0.2) is 4.79 Å². The van der Waals surface area contributed by atoms with E-state index in [1.807, 2.05) is 6.92 Å². The first kappa shape index (κ1) is 20.3. The van der Waals surface area contributed by atoms with Crippen molar-refractivity contribution < 1.29 is 23.9 Å². The Kier molecular flexibility index (Phi) is 7.19. The summed E-state index contributed by atoms with van der Waals surface area (Å²) in [4.78, 5) is 35.4. The summed E-state index contributed by atoms with van der Waals surface area (Å²) in [5.41, 5.74) is 1.19. The third kappa shape index (κ3) is 5.72. The molecule has 2 rings (SSSR count). The van der Waals surface area contributed by atoms with Gasteiger partial charge in [0.25, 0.3) is 11.8 Å². The van der Waals surface area contributed by atoms with Crippen LogP contribution in [0.1, 0.15) is 27.6 Å². The highest BCUT2D eigenvalue weighted by Gasteiger charge is 2.12. The Balaban J connectivity index is 1.96. The van der Waals surface area contributed by atoms with E-state index in [9.17, 15) is 14.4 Å². The van der Waals surface area contributed by atoms with Crippen LogP contribution in [-0.2, 0) is 9.53 Å². The summed E-state index contributed by atoms with van der Waals surface area (Å²) in [5, 5.41) is 5.52. The van der Waals surface area contributed by atoms with E-state index in [0.717, 1.165) is 0 Å². The Morgan fingerprint density at radius 1 is 1.07 bits per heavy atom. The summed E-state index contributed by atoms with van der Waals surface area (Å²) < 4.78 is 9.99. The predicted molar refractivity (Wildman–Crippen MR) is 101 cm³/mol. The normalized spacial score (nSPS) is 10.0. The van der Waals surface area contributed by atoms with Gasteiger partial charge in [0.05, 0.1) is 17.7 Å². The lowest BCUT2D eigenvalue weighted by molar-refractivity contribution is -0.118. The number of rotatable bonds is 7. The van der Waals surface area contributed by atoms with Crippen molar-refractivity contribution in [1.29, 1.82) is 0 Å². The molecule has 0 aliphatic carbocycles. The van der Waals surface area contributed by atoms with E-state index in [1.54, 1.807) is 24.3 Å². The summed E-state index contributed by atoms with van der Waals surface area (Å²) in [5.74, 6) is -0.901. The first-order valence-corrected chi connectivity index (χ1v) is 8.51. The number of amides is 2. The van der Waals surface area contributed by atoms with Gasteiger partial charge in [-0.1, -0.05) is 17.7 Å². The van der Waals surface area contributed by atoms with Crippen LogP contribution in [-0.4, -0.2) is 38.0 Å². The van der Waals surface area contributed by atoms with Gasteiger partial charge in [-0.2, -0.15) is 0 Å². The lowest BCUT2D eigenvalue weighted by atomic mass is 10.2. The van der Waals surface area contributed by atoms with Gasteiger partial charge in [0, 0.05) is 17.8 Å². The lowest BCUT2D eigenvalue weighted by Crippen LogP contribution is -2.23. The number of methoxy groups -OCH3 is 1. The number of hydrogen-bond donors (Lipinski definition) is 2. The smallest absolute Gasteiger partial charge is 0.337 e. The van der Waals surface area contributed by atoms with E-state index in [2.05, 4.69) is 15.4 Å². The van der Waals surface area contributed by atoms with Crippen molar-refractivity contribution in [2.24, 2.45) is 0 Å². The van der Waals surface area contributed by atoms with E-state index < -0.39 is 11.9 Å². The van der Waals surface area contributed by atoms with Gasteiger partial charge in [0.1, 0.15) is 5.75 Å². The molecule has 0 aromatic heterocycles.